The van der Waals surface area contributed by atoms with Crippen LogP contribution in [-0.2, 0) is 20.5 Å². The Hall–Kier alpha value is -3.32. The van der Waals surface area contributed by atoms with Crippen molar-refractivity contribution < 1.29 is 31.1 Å². The highest BCUT2D eigenvalue weighted by molar-refractivity contribution is 7.90. The van der Waals surface area contributed by atoms with E-state index in [0.29, 0.717) is 18.5 Å². The van der Waals surface area contributed by atoms with Crippen LogP contribution in [0.3, 0.4) is 0 Å². The number of ether oxygens (including phenoxy) is 1. The zero-order valence-corrected chi connectivity index (χ0v) is 24.7. The molecular formula is C29H34F3N5O4S. The lowest BCUT2D eigenvalue weighted by molar-refractivity contribution is -0.274. The van der Waals surface area contributed by atoms with Crippen LogP contribution < -0.4 is 9.62 Å². The molecule has 2 atom stereocenters. The van der Waals surface area contributed by atoms with Gasteiger partial charge in [-0.25, -0.2) is 18.1 Å². The lowest BCUT2D eigenvalue weighted by Gasteiger charge is -2.44. The van der Waals surface area contributed by atoms with Gasteiger partial charge in [0.1, 0.15) is 11.5 Å². The first kappa shape index (κ1) is 30.1. The number of pyridine rings is 1. The molecule has 2 aliphatic heterocycles. The maximum atomic E-state index is 13.9. The first-order valence-electron chi connectivity index (χ1n) is 13.8. The molecule has 2 aromatic rings. The second kappa shape index (κ2) is 10.4. The van der Waals surface area contributed by atoms with Crippen molar-refractivity contribution in [2.24, 2.45) is 21.6 Å². The Balaban J connectivity index is 1.54. The van der Waals surface area contributed by atoms with Crippen LogP contribution in [0.4, 0.5) is 19.0 Å². The van der Waals surface area contributed by atoms with E-state index in [1.165, 1.54) is 30.5 Å². The molecule has 42 heavy (non-hydrogen) atoms. The molecule has 3 aliphatic rings. The van der Waals surface area contributed by atoms with Gasteiger partial charge in [-0.1, -0.05) is 31.5 Å². The number of nitrogens with zero attached hydrogens (tertiary/aromatic N) is 4. The minimum Gasteiger partial charge on any atom is -0.351 e. The topological polar surface area (TPSA) is 113 Å². The summed E-state index contributed by atoms with van der Waals surface area (Å²) in [5.74, 6) is -0.461. The molecule has 0 bridgehead atoms. The molecule has 1 N–H and O–H groups in total. The largest absolute Gasteiger partial charge is 0.396 e. The van der Waals surface area contributed by atoms with Gasteiger partial charge in [-0.2, -0.15) is 18.3 Å². The Morgan fingerprint density at radius 2 is 1.88 bits per heavy atom. The van der Waals surface area contributed by atoms with Gasteiger partial charge in [0.15, 0.2) is 0 Å². The van der Waals surface area contributed by atoms with Gasteiger partial charge in [-0.3, -0.25) is 4.79 Å². The summed E-state index contributed by atoms with van der Waals surface area (Å²) in [6, 6.07) is 9.13. The zero-order chi connectivity index (χ0) is 30.6. The van der Waals surface area contributed by atoms with Gasteiger partial charge in [0.25, 0.3) is 15.9 Å². The van der Waals surface area contributed by atoms with Crippen molar-refractivity contribution >= 4 is 21.7 Å². The minimum absolute atomic E-state index is 0.00194. The molecule has 1 aliphatic carbocycles. The molecule has 0 spiro atoms. The zero-order valence-electron chi connectivity index (χ0n) is 23.9. The van der Waals surface area contributed by atoms with Gasteiger partial charge < -0.3 is 9.64 Å². The van der Waals surface area contributed by atoms with Gasteiger partial charge in [0.2, 0.25) is 5.72 Å². The molecule has 1 amide bonds. The lowest BCUT2D eigenvalue weighted by atomic mass is 9.68. The van der Waals surface area contributed by atoms with Crippen LogP contribution in [0.25, 0.3) is 0 Å². The second-order valence-corrected chi connectivity index (χ2v) is 13.8. The van der Waals surface area contributed by atoms with Crippen LogP contribution >= 0.6 is 0 Å². The molecule has 0 radical (unpaired) electrons. The summed E-state index contributed by atoms with van der Waals surface area (Å²) < 4.78 is 76.1. The third-order valence-electron chi connectivity index (χ3n) is 8.48. The molecule has 9 nitrogen and oxygen atoms in total. The number of hydrogen-bond donors (Lipinski definition) is 1. The number of rotatable bonds is 8. The fourth-order valence-corrected chi connectivity index (χ4v) is 7.23. The highest BCUT2D eigenvalue weighted by atomic mass is 32.2. The Morgan fingerprint density at radius 1 is 1.17 bits per heavy atom. The van der Waals surface area contributed by atoms with Crippen molar-refractivity contribution in [2.75, 3.05) is 18.1 Å². The van der Waals surface area contributed by atoms with Crippen molar-refractivity contribution in [3.8, 4) is 0 Å². The van der Waals surface area contributed by atoms with Crippen LogP contribution in [0.1, 0.15) is 68.1 Å². The maximum absolute atomic E-state index is 13.9. The number of anilines is 1. The molecule has 1 saturated heterocycles. The fourth-order valence-electron chi connectivity index (χ4n) is 6.02. The van der Waals surface area contributed by atoms with Crippen LogP contribution in [0.5, 0.6) is 0 Å². The van der Waals surface area contributed by atoms with Gasteiger partial charge in [-0.05, 0) is 75.8 Å². The number of nitrogens with one attached hydrogen (secondary N) is 1. The fraction of sp³-hybridized carbons (Fsp3) is 0.517. The van der Waals surface area contributed by atoms with Gasteiger partial charge >= 0.3 is 6.18 Å². The standard InChI is InChI=1S/C29H34F3N5O4S/c1-19-16-26(3,4)37(17-19)24-21(25(38)35-42(39,40)22-9-6-5-8-20(22)2)10-11-23(34-24)28(14-15-33-36-28)41-18-27(12-7-13-27)29(30,31)32/h5-6,8-11,14-15,19H,7,12-13,16-18H2,1-4H3,(H,35,38)/t19-,28?/m0/s1. The highest BCUT2D eigenvalue weighted by Crippen LogP contribution is 2.54. The van der Waals surface area contributed by atoms with Gasteiger partial charge in [0.05, 0.1) is 28.7 Å². The number of aryl methyl sites for hydroxylation is 1. The molecule has 1 saturated carbocycles. The number of carbonyl (C=O) groups excluding carboxylic acids is 1. The molecule has 3 heterocycles. The van der Waals surface area contributed by atoms with E-state index in [4.69, 9.17) is 9.72 Å². The molecule has 2 fully saturated rings. The number of aromatic nitrogens is 1. The first-order chi connectivity index (χ1) is 19.6. The summed E-state index contributed by atoms with van der Waals surface area (Å²) in [6.45, 7) is 7.56. The predicted octanol–water partition coefficient (Wildman–Crippen LogP) is 6.02. The normalized spacial score (nSPS) is 24.5. The van der Waals surface area contributed by atoms with E-state index in [9.17, 15) is 26.4 Å². The molecule has 13 heteroatoms. The number of hydrogen-bond acceptors (Lipinski definition) is 8. The van der Waals surface area contributed by atoms with Crippen LogP contribution in [0.2, 0.25) is 0 Å². The number of benzene rings is 1. The Bertz CT molecular complexity index is 1540. The average Bonchev–Trinajstić information content (AvgIpc) is 3.45. The average molecular weight is 606 g/mol. The van der Waals surface area contributed by atoms with Crippen molar-refractivity contribution in [2.45, 2.75) is 75.7 Å². The summed E-state index contributed by atoms with van der Waals surface area (Å²) in [5.41, 5.74) is -3.53. The van der Waals surface area contributed by atoms with E-state index < -0.39 is 45.4 Å². The Kier molecular flexibility index (Phi) is 7.49. The third kappa shape index (κ3) is 5.32. The van der Waals surface area contributed by atoms with Gasteiger partial charge in [-0.15, -0.1) is 5.11 Å². The van der Waals surface area contributed by atoms with Gasteiger partial charge in [0, 0.05) is 12.1 Å². The van der Waals surface area contributed by atoms with Crippen LogP contribution in [0, 0.1) is 18.3 Å². The molecule has 1 aromatic carbocycles. The molecule has 5 rings (SSSR count). The summed E-state index contributed by atoms with van der Waals surface area (Å²) in [6.07, 6.45) is -0.531. The quantitative estimate of drug-likeness (QED) is 0.394. The summed E-state index contributed by atoms with van der Waals surface area (Å²) in [7, 11) is -4.21. The second-order valence-electron chi connectivity index (χ2n) is 12.1. The van der Waals surface area contributed by atoms with Crippen molar-refractivity contribution in [1.29, 1.82) is 0 Å². The van der Waals surface area contributed by atoms with Crippen molar-refractivity contribution in [1.82, 2.24) is 9.71 Å². The SMILES string of the molecule is Cc1ccccc1S(=O)(=O)NC(=O)c1ccc(C2(OCC3(C(F)(F)F)CCC3)C=CN=N2)nc1N1C[C@@H](C)CC1(C)C. The van der Waals surface area contributed by atoms with Crippen LogP contribution in [0.15, 0.2) is 63.8 Å². The van der Waals surface area contributed by atoms with Crippen molar-refractivity contribution in [3.63, 3.8) is 0 Å². The lowest BCUT2D eigenvalue weighted by Crippen LogP contribution is -2.49. The molecular weight excluding hydrogens is 571 g/mol. The van der Waals surface area contributed by atoms with Crippen molar-refractivity contribution in [3.05, 3.63) is 65.5 Å². The van der Waals surface area contributed by atoms with E-state index in [2.05, 4.69) is 21.9 Å². The number of amides is 1. The van der Waals surface area contributed by atoms with E-state index in [-0.39, 0.29) is 40.7 Å². The number of sulfonamides is 1. The van der Waals surface area contributed by atoms with E-state index in [0.717, 1.165) is 6.42 Å². The number of halogens is 3. The third-order valence-corrected chi connectivity index (χ3v) is 9.97. The number of azo groups is 1. The number of carbonyl (C=O) groups is 1. The van der Waals surface area contributed by atoms with E-state index in [1.807, 2.05) is 18.7 Å². The molecule has 1 unspecified atom stereocenters. The molecule has 226 valence electrons. The minimum atomic E-state index is -4.44. The Labute approximate surface area is 243 Å². The van der Waals surface area contributed by atoms with E-state index in [1.54, 1.807) is 25.1 Å². The summed E-state index contributed by atoms with van der Waals surface area (Å²) in [5, 5.41) is 7.99. The Morgan fingerprint density at radius 3 is 2.43 bits per heavy atom. The monoisotopic (exact) mass is 605 g/mol. The summed E-state index contributed by atoms with van der Waals surface area (Å²) >= 11 is 0. The highest BCUT2D eigenvalue weighted by Gasteiger charge is 2.59. The first-order valence-corrected chi connectivity index (χ1v) is 15.3. The number of alkyl halides is 3. The predicted molar refractivity (Wildman–Crippen MR) is 149 cm³/mol. The summed E-state index contributed by atoms with van der Waals surface area (Å²) in [4.78, 5) is 20.2. The van der Waals surface area contributed by atoms with Crippen LogP contribution in [-0.4, -0.2) is 44.2 Å². The maximum Gasteiger partial charge on any atom is 0.396 e. The molecule has 1 aromatic heterocycles. The van der Waals surface area contributed by atoms with E-state index >= 15 is 0 Å². The smallest absolute Gasteiger partial charge is 0.351 e.